The largest absolute Gasteiger partial charge is 0.496 e. The van der Waals surface area contributed by atoms with Gasteiger partial charge in [0, 0.05) is 17.3 Å². The average Bonchev–Trinajstić information content (AvgIpc) is 2.53. The number of hydrogen-bond donors (Lipinski definition) is 1. The average molecular weight is 292 g/mol. The van der Waals surface area contributed by atoms with Crippen LogP contribution in [0, 0.1) is 18.3 Å². The van der Waals surface area contributed by atoms with E-state index in [2.05, 4.69) is 5.32 Å². The number of nitriles is 1. The smallest absolute Gasteiger partial charge is 0.248 e. The van der Waals surface area contributed by atoms with Gasteiger partial charge in [-0.2, -0.15) is 5.26 Å². The number of carbonyl (C=O) groups excluding carboxylic acids is 1. The van der Waals surface area contributed by atoms with E-state index in [1.54, 1.807) is 37.5 Å². The van der Waals surface area contributed by atoms with Gasteiger partial charge in [-0.1, -0.05) is 17.7 Å². The Labute approximate surface area is 129 Å². The molecule has 0 atom stereocenters. The number of rotatable bonds is 4. The summed E-state index contributed by atoms with van der Waals surface area (Å²) in [5, 5.41) is 11.6. The lowest BCUT2D eigenvalue weighted by molar-refractivity contribution is -0.111. The van der Waals surface area contributed by atoms with Crippen molar-refractivity contribution in [3.63, 3.8) is 0 Å². The predicted molar refractivity (Wildman–Crippen MR) is 86.6 cm³/mol. The fraction of sp³-hybridized carbons (Fsp3) is 0.111. The predicted octanol–water partition coefficient (Wildman–Crippen LogP) is 3.53. The zero-order valence-corrected chi connectivity index (χ0v) is 12.5. The number of amides is 1. The minimum Gasteiger partial charge on any atom is -0.496 e. The second-order valence-corrected chi connectivity index (χ2v) is 4.76. The Bertz CT molecular complexity index is 758. The Morgan fingerprint density at radius 3 is 2.82 bits per heavy atom. The minimum absolute atomic E-state index is 0.265. The van der Waals surface area contributed by atoms with E-state index in [-0.39, 0.29) is 5.91 Å². The molecule has 0 aliphatic rings. The van der Waals surface area contributed by atoms with E-state index in [9.17, 15) is 4.79 Å². The van der Waals surface area contributed by atoms with Gasteiger partial charge in [0.2, 0.25) is 5.91 Å². The molecule has 0 heterocycles. The molecular weight excluding hydrogens is 276 g/mol. The third-order valence-corrected chi connectivity index (χ3v) is 3.06. The molecule has 0 aliphatic heterocycles. The molecule has 1 N–H and O–H groups in total. The molecule has 2 aromatic rings. The van der Waals surface area contributed by atoms with E-state index in [1.165, 1.54) is 6.08 Å². The van der Waals surface area contributed by atoms with Crippen LogP contribution in [0.25, 0.3) is 6.08 Å². The zero-order valence-electron chi connectivity index (χ0n) is 12.5. The molecule has 0 aromatic heterocycles. The second kappa shape index (κ2) is 7.09. The maximum Gasteiger partial charge on any atom is 0.248 e. The van der Waals surface area contributed by atoms with Crippen LogP contribution in [0.3, 0.4) is 0 Å². The molecule has 0 radical (unpaired) electrons. The van der Waals surface area contributed by atoms with E-state index in [0.29, 0.717) is 17.0 Å². The van der Waals surface area contributed by atoms with Crippen LogP contribution in [0.2, 0.25) is 0 Å². The maximum atomic E-state index is 11.9. The molecule has 0 aliphatic carbocycles. The Hall–Kier alpha value is -3.06. The number of aryl methyl sites for hydroxylation is 1. The number of anilines is 1. The van der Waals surface area contributed by atoms with Crippen molar-refractivity contribution in [1.29, 1.82) is 5.26 Å². The van der Waals surface area contributed by atoms with Crippen LogP contribution >= 0.6 is 0 Å². The van der Waals surface area contributed by atoms with E-state index >= 15 is 0 Å². The van der Waals surface area contributed by atoms with Gasteiger partial charge in [-0.3, -0.25) is 4.79 Å². The van der Waals surface area contributed by atoms with Crippen molar-refractivity contribution < 1.29 is 9.53 Å². The molecule has 4 heteroatoms. The van der Waals surface area contributed by atoms with Gasteiger partial charge in [-0.05, 0) is 43.3 Å². The summed E-state index contributed by atoms with van der Waals surface area (Å²) in [4.78, 5) is 11.9. The maximum absolute atomic E-state index is 11.9. The number of nitrogens with one attached hydrogen (secondary N) is 1. The van der Waals surface area contributed by atoms with Crippen molar-refractivity contribution in [2.45, 2.75) is 6.92 Å². The Kier molecular flexibility index (Phi) is 4.94. The summed E-state index contributed by atoms with van der Waals surface area (Å²) in [5.74, 6) is 0.444. The lowest BCUT2D eigenvalue weighted by Crippen LogP contribution is -2.07. The number of methoxy groups -OCH3 is 1. The van der Waals surface area contributed by atoms with Crippen LogP contribution in [0.15, 0.2) is 48.5 Å². The molecule has 0 saturated heterocycles. The highest BCUT2D eigenvalue weighted by Gasteiger charge is 2.02. The normalized spacial score (nSPS) is 10.2. The lowest BCUT2D eigenvalue weighted by atomic mass is 10.1. The van der Waals surface area contributed by atoms with Crippen molar-refractivity contribution >= 4 is 17.7 Å². The summed E-state index contributed by atoms with van der Waals surface area (Å²) >= 11 is 0. The Balaban J connectivity index is 2.11. The van der Waals surface area contributed by atoms with Crippen LogP contribution in [0.4, 0.5) is 5.69 Å². The van der Waals surface area contributed by atoms with Gasteiger partial charge < -0.3 is 10.1 Å². The molecule has 0 saturated carbocycles. The molecule has 2 rings (SSSR count). The van der Waals surface area contributed by atoms with Gasteiger partial charge in [0.05, 0.1) is 18.7 Å². The van der Waals surface area contributed by atoms with E-state index < -0.39 is 0 Å². The van der Waals surface area contributed by atoms with E-state index in [1.807, 2.05) is 31.2 Å². The first kappa shape index (κ1) is 15.3. The van der Waals surface area contributed by atoms with Crippen molar-refractivity contribution in [3.8, 4) is 11.8 Å². The van der Waals surface area contributed by atoms with Crippen LogP contribution in [-0.2, 0) is 4.79 Å². The molecule has 0 bridgehead atoms. The molecular formula is C18H16N2O2. The Morgan fingerprint density at radius 2 is 2.09 bits per heavy atom. The number of benzene rings is 2. The molecule has 110 valence electrons. The van der Waals surface area contributed by atoms with Crippen molar-refractivity contribution in [1.82, 2.24) is 0 Å². The van der Waals surface area contributed by atoms with E-state index in [4.69, 9.17) is 10.00 Å². The summed E-state index contributed by atoms with van der Waals surface area (Å²) < 4.78 is 5.26. The first-order valence-corrected chi connectivity index (χ1v) is 6.76. The molecule has 2 aromatic carbocycles. The van der Waals surface area contributed by atoms with Crippen LogP contribution in [0.1, 0.15) is 16.7 Å². The molecule has 22 heavy (non-hydrogen) atoms. The van der Waals surface area contributed by atoms with Crippen LogP contribution in [-0.4, -0.2) is 13.0 Å². The summed E-state index contributed by atoms with van der Waals surface area (Å²) in [5.41, 5.74) is 3.01. The third kappa shape index (κ3) is 3.97. The van der Waals surface area contributed by atoms with Gasteiger partial charge in [0.1, 0.15) is 5.75 Å². The SMILES string of the molecule is COc1ccc(C)cc1C=CC(=O)Nc1cccc(C#N)c1. The fourth-order valence-corrected chi connectivity index (χ4v) is 2.00. The summed E-state index contributed by atoms with van der Waals surface area (Å²) in [6.07, 6.45) is 3.14. The number of nitrogens with zero attached hydrogens (tertiary/aromatic N) is 1. The number of ether oxygens (including phenoxy) is 1. The Morgan fingerprint density at radius 1 is 1.27 bits per heavy atom. The van der Waals surface area contributed by atoms with Crippen molar-refractivity contribution in [2.75, 3.05) is 12.4 Å². The van der Waals surface area contributed by atoms with Gasteiger partial charge in [-0.25, -0.2) is 0 Å². The van der Waals surface area contributed by atoms with Crippen LogP contribution in [0.5, 0.6) is 5.75 Å². The minimum atomic E-state index is -0.265. The van der Waals surface area contributed by atoms with Gasteiger partial charge in [0.25, 0.3) is 0 Å². The first-order chi connectivity index (χ1) is 10.6. The van der Waals surface area contributed by atoms with Gasteiger partial charge in [-0.15, -0.1) is 0 Å². The lowest BCUT2D eigenvalue weighted by Gasteiger charge is -2.06. The highest BCUT2D eigenvalue weighted by atomic mass is 16.5. The second-order valence-electron chi connectivity index (χ2n) is 4.76. The highest BCUT2D eigenvalue weighted by Crippen LogP contribution is 2.21. The summed E-state index contributed by atoms with van der Waals surface area (Å²) in [6, 6.07) is 14.6. The summed E-state index contributed by atoms with van der Waals surface area (Å²) in [6.45, 7) is 1.98. The third-order valence-electron chi connectivity index (χ3n) is 3.06. The highest BCUT2D eigenvalue weighted by molar-refractivity contribution is 6.02. The topological polar surface area (TPSA) is 62.1 Å². The van der Waals surface area contributed by atoms with E-state index in [0.717, 1.165) is 11.1 Å². The standard InChI is InChI=1S/C18H16N2O2/c1-13-6-8-17(22-2)15(10-13)7-9-18(21)20-16-5-3-4-14(11-16)12-19/h3-11H,1-2H3,(H,20,21). The molecule has 4 nitrogen and oxygen atoms in total. The summed E-state index contributed by atoms with van der Waals surface area (Å²) in [7, 11) is 1.59. The zero-order chi connectivity index (χ0) is 15.9. The number of hydrogen-bond acceptors (Lipinski definition) is 3. The molecule has 0 spiro atoms. The molecule has 1 amide bonds. The van der Waals surface area contributed by atoms with Gasteiger partial charge in [0.15, 0.2) is 0 Å². The van der Waals surface area contributed by atoms with Crippen molar-refractivity contribution in [2.24, 2.45) is 0 Å². The van der Waals surface area contributed by atoms with Crippen LogP contribution < -0.4 is 10.1 Å². The quantitative estimate of drug-likeness (QED) is 0.877. The first-order valence-electron chi connectivity index (χ1n) is 6.76. The monoisotopic (exact) mass is 292 g/mol. The molecule has 0 unspecified atom stereocenters. The van der Waals surface area contributed by atoms with Gasteiger partial charge >= 0.3 is 0 Å². The fourth-order valence-electron chi connectivity index (χ4n) is 2.00. The van der Waals surface area contributed by atoms with Crippen molar-refractivity contribution in [3.05, 3.63) is 65.2 Å². The molecule has 0 fully saturated rings. The number of carbonyl (C=O) groups is 1.